The molecular weight excluding hydrogens is 218 g/mol. The number of fused-ring (bicyclic) bond motifs is 1. The fourth-order valence-corrected chi connectivity index (χ4v) is 2.63. The van der Waals surface area contributed by atoms with Crippen molar-refractivity contribution < 1.29 is 0 Å². The molecule has 0 radical (unpaired) electrons. The summed E-state index contributed by atoms with van der Waals surface area (Å²) in [6.45, 7) is 3.11. The Hall–Kier alpha value is -0.530. The molecule has 1 aliphatic rings. The molecule has 0 aliphatic heterocycles. The molecule has 0 fully saturated rings. The third-order valence-electron chi connectivity index (χ3n) is 3.44. The summed E-state index contributed by atoms with van der Waals surface area (Å²) in [6, 6.07) is 7.34. The van der Waals surface area contributed by atoms with Gasteiger partial charge in [0.1, 0.15) is 0 Å². The molecule has 1 aromatic rings. The van der Waals surface area contributed by atoms with Crippen molar-refractivity contribution in [3.8, 4) is 0 Å². The normalized spacial score (nSPS) is 16.1. The average molecular weight is 238 g/mol. The second-order valence-corrected chi connectivity index (χ2v) is 4.91. The third-order valence-corrected chi connectivity index (χ3v) is 3.81. The summed E-state index contributed by atoms with van der Waals surface area (Å²) in [5, 5.41) is 3.49. The molecule has 1 atom stereocenters. The SMILES string of the molecule is CCC(CCl)NCc1ccc2c(c1)CCC2. The number of halogens is 1. The van der Waals surface area contributed by atoms with Gasteiger partial charge in [0.2, 0.25) is 0 Å². The van der Waals surface area contributed by atoms with Gasteiger partial charge in [-0.2, -0.15) is 0 Å². The van der Waals surface area contributed by atoms with Gasteiger partial charge >= 0.3 is 0 Å². The molecule has 1 aliphatic carbocycles. The topological polar surface area (TPSA) is 12.0 Å². The Morgan fingerprint density at radius 1 is 1.31 bits per heavy atom. The van der Waals surface area contributed by atoms with Gasteiger partial charge in [0, 0.05) is 18.5 Å². The highest BCUT2D eigenvalue weighted by Gasteiger charge is 2.11. The highest BCUT2D eigenvalue weighted by atomic mass is 35.5. The Kier molecular flexibility index (Phi) is 4.25. The lowest BCUT2D eigenvalue weighted by Crippen LogP contribution is -2.29. The van der Waals surface area contributed by atoms with E-state index in [9.17, 15) is 0 Å². The van der Waals surface area contributed by atoms with E-state index in [1.165, 1.54) is 24.8 Å². The average Bonchev–Trinajstić information content (AvgIpc) is 2.77. The zero-order valence-corrected chi connectivity index (χ0v) is 10.7. The van der Waals surface area contributed by atoms with Gasteiger partial charge in [0.25, 0.3) is 0 Å². The van der Waals surface area contributed by atoms with Crippen LogP contribution in [0.2, 0.25) is 0 Å². The fourth-order valence-electron chi connectivity index (χ4n) is 2.31. The molecule has 0 spiro atoms. The standard InChI is InChI=1S/C14H20ClN/c1-2-14(9-15)16-10-11-6-7-12-4-3-5-13(12)8-11/h6-8,14,16H,2-5,9-10H2,1H3. The molecule has 0 saturated carbocycles. The van der Waals surface area contributed by atoms with Crippen LogP contribution in [0.3, 0.4) is 0 Å². The molecule has 2 heteroatoms. The number of hydrogen-bond acceptors (Lipinski definition) is 1. The third kappa shape index (κ3) is 2.78. The van der Waals surface area contributed by atoms with E-state index < -0.39 is 0 Å². The van der Waals surface area contributed by atoms with Crippen LogP contribution in [0.4, 0.5) is 0 Å². The van der Waals surface area contributed by atoms with Crippen molar-refractivity contribution >= 4 is 11.6 Å². The first-order chi connectivity index (χ1) is 7.83. The fraction of sp³-hybridized carbons (Fsp3) is 0.571. The molecule has 0 amide bonds. The van der Waals surface area contributed by atoms with E-state index in [1.807, 2.05) is 0 Å². The predicted octanol–water partition coefficient (Wildman–Crippen LogP) is 3.28. The smallest absolute Gasteiger partial charge is 0.0377 e. The zero-order valence-electron chi connectivity index (χ0n) is 9.93. The van der Waals surface area contributed by atoms with Crippen LogP contribution in [-0.2, 0) is 19.4 Å². The minimum atomic E-state index is 0.440. The van der Waals surface area contributed by atoms with Crippen LogP contribution >= 0.6 is 11.6 Å². The van der Waals surface area contributed by atoms with Gasteiger partial charge in [-0.15, -0.1) is 11.6 Å². The largest absolute Gasteiger partial charge is 0.309 e. The number of hydrogen-bond donors (Lipinski definition) is 1. The summed E-state index contributed by atoms with van der Waals surface area (Å²) in [7, 11) is 0. The number of nitrogens with one attached hydrogen (secondary N) is 1. The molecule has 1 N–H and O–H groups in total. The molecule has 2 rings (SSSR count). The van der Waals surface area contributed by atoms with Crippen molar-refractivity contribution in [2.45, 2.75) is 45.2 Å². The molecular formula is C14H20ClN. The summed E-state index contributed by atoms with van der Waals surface area (Å²) in [6.07, 6.45) is 4.94. The molecule has 1 nitrogen and oxygen atoms in total. The number of benzene rings is 1. The first-order valence-corrected chi connectivity index (χ1v) is 6.77. The van der Waals surface area contributed by atoms with Gasteiger partial charge in [-0.1, -0.05) is 25.1 Å². The molecule has 0 aromatic heterocycles. The van der Waals surface area contributed by atoms with Gasteiger partial charge in [-0.05, 0) is 42.4 Å². The Morgan fingerprint density at radius 3 is 2.88 bits per heavy atom. The quantitative estimate of drug-likeness (QED) is 0.775. The van der Waals surface area contributed by atoms with Crippen LogP contribution in [0.1, 0.15) is 36.5 Å². The van der Waals surface area contributed by atoms with Gasteiger partial charge in [0.05, 0.1) is 0 Å². The summed E-state index contributed by atoms with van der Waals surface area (Å²) in [5.74, 6) is 0.696. The van der Waals surface area contributed by atoms with Crippen LogP contribution in [0.25, 0.3) is 0 Å². The highest BCUT2D eigenvalue weighted by Crippen LogP contribution is 2.22. The second-order valence-electron chi connectivity index (χ2n) is 4.60. The summed E-state index contributed by atoms with van der Waals surface area (Å²) < 4.78 is 0. The highest BCUT2D eigenvalue weighted by molar-refractivity contribution is 6.18. The van der Waals surface area contributed by atoms with E-state index in [-0.39, 0.29) is 0 Å². The summed E-state index contributed by atoms with van der Waals surface area (Å²) in [4.78, 5) is 0. The Labute approximate surface area is 103 Å². The lowest BCUT2D eigenvalue weighted by atomic mass is 10.1. The van der Waals surface area contributed by atoms with Crippen molar-refractivity contribution in [2.24, 2.45) is 0 Å². The van der Waals surface area contributed by atoms with Gasteiger partial charge in [-0.25, -0.2) is 0 Å². The minimum Gasteiger partial charge on any atom is -0.309 e. The van der Waals surface area contributed by atoms with E-state index in [4.69, 9.17) is 11.6 Å². The summed E-state index contributed by atoms with van der Waals surface area (Å²) >= 11 is 5.87. The summed E-state index contributed by atoms with van der Waals surface area (Å²) in [5.41, 5.74) is 4.50. The maximum atomic E-state index is 5.87. The van der Waals surface area contributed by atoms with Crippen LogP contribution in [0.15, 0.2) is 18.2 Å². The van der Waals surface area contributed by atoms with E-state index in [1.54, 1.807) is 11.1 Å². The molecule has 0 bridgehead atoms. The number of aryl methyl sites for hydroxylation is 2. The first kappa shape index (κ1) is 11.9. The van der Waals surface area contributed by atoms with E-state index in [0.29, 0.717) is 11.9 Å². The maximum absolute atomic E-state index is 5.87. The van der Waals surface area contributed by atoms with E-state index in [0.717, 1.165) is 13.0 Å². The molecule has 0 heterocycles. The molecule has 1 aromatic carbocycles. The number of rotatable bonds is 5. The van der Waals surface area contributed by atoms with Crippen molar-refractivity contribution in [3.63, 3.8) is 0 Å². The Balaban J connectivity index is 1.95. The van der Waals surface area contributed by atoms with Crippen molar-refractivity contribution in [3.05, 3.63) is 34.9 Å². The van der Waals surface area contributed by atoms with Crippen molar-refractivity contribution in [2.75, 3.05) is 5.88 Å². The monoisotopic (exact) mass is 237 g/mol. The van der Waals surface area contributed by atoms with Gasteiger partial charge in [0.15, 0.2) is 0 Å². The predicted molar refractivity (Wildman–Crippen MR) is 70.1 cm³/mol. The van der Waals surface area contributed by atoms with Crippen LogP contribution in [0.5, 0.6) is 0 Å². The molecule has 16 heavy (non-hydrogen) atoms. The van der Waals surface area contributed by atoms with Crippen LogP contribution in [0, 0.1) is 0 Å². The number of alkyl halides is 1. The van der Waals surface area contributed by atoms with Crippen LogP contribution in [-0.4, -0.2) is 11.9 Å². The van der Waals surface area contributed by atoms with Gasteiger partial charge in [-0.3, -0.25) is 0 Å². The molecule has 0 saturated heterocycles. The van der Waals surface area contributed by atoms with Crippen LogP contribution < -0.4 is 5.32 Å². The first-order valence-electron chi connectivity index (χ1n) is 6.23. The van der Waals surface area contributed by atoms with Gasteiger partial charge < -0.3 is 5.32 Å². The minimum absolute atomic E-state index is 0.440. The molecule has 1 unspecified atom stereocenters. The van der Waals surface area contributed by atoms with Crippen molar-refractivity contribution in [1.82, 2.24) is 5.32 Å². The van der Waals surface area contributed by atoms with E-state index >= 15 is 0 Å². The van der Waals surface area contributed by atoms with E-state index in [2.05, 4.69) is 30.4 Å². The maximum Gasteiger partial charge on any atom is 0.0377 e. The lowest BCUT2D eigenvalue weighted by Gasteiger charge is -2.14. The van der Waals surface area contributed by atoms with Crippen molar-refractivity contribution in [1.29, 1.82) is 0 Å². The second kappa shape index (κ2) is 5.70. The zero-order chi connectivity index (χ0) is 11.4. The molecule has 88 valence electrons. The lowest BCUT2D eigenvalue weighted by molar-refractivity contribution is 0.538. The Morgan fingerprint density at radius 2 is 2.12 bits per heavy atom. The Bertz CT molecular complexity index is 345.